The summed E-state index contributed by atoms with van der Waals surface area (Å²) < 4.78 is 32.0. The van der Waals surface area contributed by atoms with Gasteiger partial charge in [-0.1, -0.05) is 0 Å². The molecule has 1 saturated carbocycles. The van der Waals surface area contributed by atoms with Crippen LogP contribution in [0.15, 0.2) is 35.5 Å². The topological polar surface area (TPSA) is 104 Å². The van der Waals surface area contributed by atoms with Gasteiger partial charge < -0.3 is 19.9 Å². The van der Waals surface area contributed by atoms with Crippen LogP contribution in [0.2, 0.25) is 0 Å². The molecule has 1 aliphatic heterocycles. The predicted molar refractivity (Wildman–Crippen MR) is 152 cm³/mol. The van der Waals surface area contributed by atoms with Crippen LogP contribution in [0.3, 0.4) is 0 Å². The Morgan fingerprint density at radius 3 is 2.51 bits per heavy atom. The highest BCUT2D eigenvalue weighted by atomic mass is 19.2. The third-order valence-electron chi connectivity index (χ3n) is 8.57. The predicted octanol–water partition coefficient (Wildman–Crippen LogP) is 3.87. The molecule has 3 aromatic heterocycles. The van der Waals surface area contributed by atoms with Gasteiger partial charge in [0.25, 0.3) is 0 Å². The third kappa shape index (κ3) is 3.98. The fourth-order valence-electron chi connectivity index (χ4n) is 6.39. The molecule has 0 spiro atoms. The lowest BCUT2D eigenvalue weighted by Crippen LogP contribution is -2.47. The highest BCUT2D eigenvalue weighted by Crippen LogP contribution is 2.50. The largest absolute Gasteiger partial charge is 0.477 e. The average Bonchev–Trinajstić information content (AvgIpc) is 3.75. The number of rotatable bonds is 5. The molecule has 0 bridgehead atoms. The Labute approximate surface area is 234 Å². The number of carboxylic acid groups (broad SMARTS) is 1. The fraction of sp³-hybridized carbons (Fsp3) is 0.333. The van der Waals surface area contributed by atoms with Crippen molar-refractivity contribution < 1.29 is 18.7 Å². The lowest BCUT2D eigenvalue weighted by Gasteiger charge is -2.38. The minimum atomic E-state index is -1.32. The van der Waals surface area contributed by atoms with Gasteiger partial charge in [-0.25, -0.2) is 18.6 Å². The summed E-state index contributed by atoms with van der Waals surface area (Å²) in [4.78, 5) is 38.8. The minimum absolute atomic E-state index is 0.157. The number of carbonyl (C=O) groups is 1. The van der Waals surface area contributed by atoms with Gasteiger partial charge in [-0.05, 0) is 24.5 Å². The Bertz CT molecular complexity index is 1830. The maximum absolute atomic E-state index is 15.6. The maximum atomic E-state index is 15.6. The molecule has 0 amide bonds. The van der Waals surface area contributed by atoms with E-state index in [0.717, 1.165) is 18.8 Å². The zero-order valence-electron chi connectivity index (χ0n) is 22.7. The van der Waals surface area contributed by atoms with E-state index in [-0.39, 0.29) is 16.5 Å². The van der Waals surface area contributed by atoms with E-state index in [2.05, 4.69) is 20.1 Å². The molecule has 41 heavy (non-hydrogen) atoms. The van der Waals surface area contributed by atoms with Gasteiger partial charge in [0.2, 0.25) is 5.43 Å². The molecular weight excluding hydrogens is 530 g/mol. The Morgan fingerprint density at radius 2 is 1.83 bits per heavy atom. The number of aromatic carboxylic acids is 1. The molecule has 11 heteroatoms. The van der Waals surface area contributed by atoms with Gasteiger partial charge in [0.15, 0.2) is 11.6 Å². The summed E-state index contributed by atoms with van der Waals surface area (Å²) in [5.41, 5.74) is 3.84. The number of hydrogen-bond acceptors (Lipinski definition) is 7. The van der Waals surface area contributed by atoms with Crippen molar-refractivity contribution in [2.45, 2.75) is 25.3 Å². The number of anilines is 2. The van der Waals surface area contributed by atoms with Gasteiger partial charge in [-0.3, -0.25) is 14.7 Å². The van der Waals surface area contributed by atoms with Crippen LogP contribution in [0.4, 0.5) is 20.2 Å². The molecule has 0 radical (unpaired) electrons. The Morgan fingerprint density at radius 1 is 1.07 bits per heavy atom. The van der Waals surface area contributed by atoms with Crippen LogP contribution < -0.4 is 15.6 Å². The van der Waals surface area contributed by atoms with Crippen LogP contribution in [0.25, 0.3) is 33.3 Å². The highest BCUT2D eigenvalue weighted by molar-refractivity contribution is 5.98. The summed E-state index contributed by atoms with van der Waals surface area (Å²) >= 11 is 0. The number of piperazine rings is 1. The van der Waals surface area contributed by atoms with Crippen LogP contribution in [-0.4, -0.2) is 69.8 Å². The molecule has 9 nitrogen and oxygen atoms in total. The molecule has 210 valence electrons. The van der Waals surface area contributed by atoms with E-state index in [1.54, 1.807) is 32.6 Å². The SMILES string of the molecule is CNc1cc(F)c(F)c2c1Cc1ncc(-c3cnc4c(c3)c(=O)c(C(=O)O)cn4C)c(N3CCN(C4CC4)CC3)c1-2. The number of halogens is 2. The number of benzene rings is 1. The van der Waals surface area contributed by atoms with Crippen LogP contribution in [0.1, 0.15) is 34.5 Å². The third-order valence-corrected chi connectivity index (χ3v) is 8.57. The number of aryl methyl sites for hydroxylation is 1. The lowest BCUT2D eigenvalue weighted by atomic mass is 9.96. The fourth-order valence-corrected chi connectivity index (χ4v) is 6.39. The van der Waals surface area contributed by atoms with Gasteiger partial charge >= 0.3 is 5.97 Å². The summed E-state index contributed by atoms with van der Waals surface area (Å²) in [6, 6.07) is 3.42. The van der Waals surface area contributed by atoms with Crippen LogP contribution in [0, 0.1) is 11.6 Å². The van der Waals surface area contributed by atoms with Crippen molar-refractivity contribution in [3.05, 3.63) is 69.4 Å². The maximum Gasteiger partial charge on any atom is 0.341 e. The Hall–Kier alpha value is -4.38. The van der Waals surface area contributed by atoms with E-state index < -0.39 is 23.0 Å². The number of carboxylic acids is 1. The monoisotopic (exact) mass is 558 g/mol. The van der Waals surface area contributed by atoms with Crippen molar-refractivity contribution in [1.29, 1.82) is 0 Å². The van der Waals surface area contributed by atoms with Crippen molar-refractivity contribution >= 4 is 28.4 Å². The molecular formula is C30H28F2N6O3. The molecule has 2 aliphatic carbocycles. The molecule has 2 N–H and O–H groups in total. The van der Waals surface area contributed by atoms with Crippen molar-refractivity contribution in [1.82, 2.24) is 19.4 Å². The highest BCUT2D eigenvalue weighted by Gasteiger charge is 2.36. The first-order chi connectivity index (χ1) is 19.8. The zero-order valence-corrected chi connectivity index (χ0v) is 22.7. The second kappa shape index (κ2) is 9.34. The molecule has 0 atom stereocenters. The number of fused-ring (bicyclic) bond motifs is 4. The van der Waals surface area contributed by atoms with E-state index >= 15 is 4.39 Å². The number of nitrogens with zero attached hydrogens (tertiary/aromatic N) is 5. The van der Waals surface area contributed by atoms with Gasteiger partial charge in [0.05, 0.1) is 16.8 Å². The van der Waals surface area contributed by atoms with Crippen LogP contribution in [-0.2, 0) is 13.5 Å². The Kier molecular flexibility index (Phi) is 5.82. The molecule has 3 aliphatic rings. The molecule has 7 rings (SSSR count). The summed E-state index contributed by atoms with van der Waals surface area (Å²) in [6.07, 6.45) is 7.34. The molecule has 1 aromatic carbocycles. The summed E-state index contributed by atoms with van der Waals surface area (Å²) in [5, 5.41) is 12.7. The first-order valence-corrected chi connectivity index (χ1v) is 13.7. The van der Waals surface area contributed by atoms with Gasteiger partial charge in [0.1, 0.15) is 11.2 Å². The summed E-state index contributed by atoms with van der Waals surface area (Å²) in [5.74, 6) is -3.17. The molecule has 4 heterocycles. The Balaban J connectivity index is 1.46. The quantitative estimate of drug-likeness (QED) is 0.335. The normalized spacial score (nSPS) is 16.6. The first-order valence-electron chi connectivity index (χ1n) is 13.7. The first kappa shape index (κ1) is 25.6. The van der Waals surface area contributed by atoms with Crippen LogP contribution >= 0.6 is 0 Å². The number of hydrogen-bond donors (Lipinski definition) is 2. The summed E-state index contributed by atoms with van der Waals surface area (Å²) in [6.45, 7) is 3.08. The van der Waals surface area contributed by atoms with E-state index in [0.29, 0.717) is 64.8 Å². The molecule has 0 unspecified atom stereocenters. The summed E-state index contributed by atoms with van der Waals surface area (Å²) in [7, 11) is 3.32. The van der Waals surface area contributed by atoms with Gasteiger partial charge in [0, 0.05) is 105 Å². The second-order valence-electron chi connectivity index (χ2n) is 11.0. The average molecular weight is 559 g/mol. The van der Waals surface area contributed by atoms with Crippen molar-refractivity contribution in [2.75, 3.05) is 43.4 Å². The van der Waals surface area contributed by atoms with Crippen molar-refractivity contribution in [3.8, 4) is 22.3 Å². The van der Waals surface area contributed by atoms with E-state index in [4.69, 9.17) is 4.98 Å². The van der Waals surface area contributed by atoms with Crippen LogP contribution in [0.5, 0.6) is 0 Å². The number of pyridine rings is 3. The van der Waals surface area contributed by atoms with Crippen molar-refractivity contribution in [2.24, 2.45) is 7.05 Å². The van der Waals surface area contributed by atoms with E-state index in [1.807, 2.05) is 0 Å². The van der Waals surface area contributed by atoms with E-state index in [9.17, 15) is 19.1 Å². The van der Waals surface area contributed by atoms with Gasteiger partial charge in [-0.2, -0.15) is 0 Å². The number of nitrogens with one attached hydrogen (secondary N) is 1. The van der Waals surface area contributed by atoms with E-state index in [1.165, 1.54) is 29.7 Å². The zero-order chi connectivity index (χ0) is 28.6. The van der Waals surface area contributed by atoms with Crippen molar-refractivity contribution in [3.63, 3.8) is 0 Å². The van der Waals surface area contributed by atoms with Gasteiger partial charge in [-0.15, -0.1) is 0 Å². The molecule has 1 saturated heterocycles. The molecule has 4 aromatic rings. The molecule has 2 fully saturated rings. The number of aromatic nitrogens is 3. The smallest absolute Gasteiger partial charge is 0.341 e. The minimum Gasteiger partial charge on any atom is -0.477 e. The standard InChI is InChI=1S/C30H28F2N6O3/c1-33-22-11-21(31)26(32)24-17(22)10-23-25(24)27(38-7-5-37(6-8-38)16-3-4-16)19(13-34-23)15-9-18-28(39)20(30(40)41)14-36(2)29(18)35-12-15/h9,11-14,16,33H,3-8,10H2,1-2H3,(H,40,41). The lowest BCUT2D eigenvalue weighted by molar-refractivity contribution is 0.0695. The second-order valence-corrected chi connectivity index (χ2v) is 11.0.